The van der Waals surface area contributed by atoms with E-state index >= 15 is 0 Å². The summed E-state index contributed by atoms with van der Waals surface area (Å²) in [6.45, 7) is 6.55. The van der Waals surface area contributed by atoms with Crippen LogP contribution < -0.4 is 10.1 Å². The highest BCUT2D eigenvalue weighted by molar-refractivity contribution is 5.89. The Labute approximate surface area is 148 Å². The summed E-state index contributed by atoms with van der Waals surface area (Å²) in [5.74, 6) is 0.809. The lowest BCUT2D eigenvalue weighted by molar-refractivity contribution is 0.142. The van der Waals surface area contributed by atoms with E-state index < -0.39 is 0 Å². The number of nitrogens with zero attached hydrogens (tertiary/aromatic N) is 3. The summed E-state index contributed by atoms with van der Waals surface area (Å²) in [4.78, 5) is 20.9. The zero-order valence-corrected chi connectivity index (χ0v) is 14.5. The maximum absolute atomic E-state index is 12.4. The molecule has 1 fully saturated rings. The monoisotopic (exact) mass is 340 g/mol. The van der Waals surface area contributed by atoms with Crippen LogP contribution in [0.2, 0.25) is 0 Å². The number of hydrogen-bond donors (Lipinski definition) is 1. The highest BCUT2D eigenvalue weighted by Crippen LogP contribution is 2.16. The van der Waals surface area contributed by atoms with Crippen molar-refractivity contribution in [3.05, 3.63) is 54.4 Å². The Bertz CT molecular complexity index is 668. The van der Waals surface area contributed by atoms with E-state index in [1.807, 2.05) is 60.5 Å². The van der Waals surface area contributed by atoms with Crippen LogP contribution in [-0.4, -0.2) is 53.6 Å². The zero-order chi connectivity index (χ0) is 17.5. The van der Waals surface area contributed by atoms with Gasteiger partial charge in [-0.2, -0.15) is 0 Å². The van der Waals surface area contributed by atoms with E-state index in [0.29, 0.717) is 6.61 Å². The van der Waals surface area contributed by atoms with Crippen LogP contribution in [0.4, 0.5) is 10.5 Å². The molecule has 0 aliphatic carbocycles. The van der Waals surface area contributed by atoms with Gasteiger partial charge in [0.05, 0.1) is 12.3 Å². The summed E-state index contributed by atoms with van der Waals surface area (Å²) >= 11 is 0. The average molecular weight is 340 g/mol. The normalized spacial score (nSPS) is 15.0. The first-order chi connectivity index (χ1) is 12.2. The Hall–Kier alpha value is -2.60. The quantitative estimate of drug-likeness (QED) is 0.909. The van der Waals surface area contributed by atoms with Crippen molar-refractivity contribution in [1.29, 1.82) is 0 Å². The van der Waals surface area contributed by atoms with Crippen molar-refractivity contribution in [2.24, 2.45) is 0 Å². The molecular weight excluding hydrogens is 316 g/mol. The molecule has 1 saturated heterocycles. The first-order valence-corrected chi connectivity index (χ1v) is 8.65. The zero-order valence-electron chi connectivity index (χ0n) is 14.5. The number of rotatable bonds is 5. The summed E-state index contributed by atoms with van der Waals surface area (Å²) in [6, 6.07) is 13.4. The number of nitrogens with one attached hydrogen (secondary N) is 1. The second kappa shape index (κ2) is 8.48. The van der Waals surface area contributed by atoms with Gasteiger partial charge in [-0.25, -0.2) is 4.79 Å². The molecule has 1 N–H and O–H groups in total. The van der Waals surface area contributed by atoms with Crippen LogP contribution in [0, 0.1) is 0 Å². The summed E-state index contributed by atoms with van der Waals surface area (Å²) in [5, 5.41) is 2.95. The number of urea groups is 1. The molecule has 0 atom stereocenters. The van der Waals surface area contributed by atoms with Gasteiger partial charge in [-0.15, -0.1) is 0 Å². The number of benzene rings is 1. The van der Waals surface area contributed by atoms with Crippen LogP contribution in [-0.2, 0) is 6.54 Å². The Morgan fingerprint density at radius 1 is 1.12 bits per heavy atom. The Balaban J connectivity index is 1.46. The second-order valence-corrected chi connectivity index (χ2v) is 5.97. The molecule has 25 heavy (non-hydrogen) atoms. The molecule has 3 rings (SSSR count). The minimum Gasteiger partial charge on any atom is -0.494 e. The van der Waals surface area contributed by atoms with E-state index in [1.54, 1.807) is 0 Å². The van der Waals surface area contributed by atoms with Gasteiger partial charge in [-0.1, -0.05) is 6.07 Å². The highest BCUT2D eigenvalue weighted by Gasteiger charge is 2.21. The van der Waals surface area contributed by atoms with Crippen molar-refractivity contribution in [1.82, 2.24) is 14.8 Å². The van der Waals surface area contributed by atoms with E-state index in [-0.39, 0.29) is 6.03 Å². The minimum absolute atomic E-state index is 0.0540. The number of ether oxygens (including phenoxy) is 1. The molecule has 2 aromatic rings. The number of aromatic nitrogens is 1. The Morgan fingerprint density at radius 2 is 1.88 bits per heavy atom. The molecular formula is C19H24N4O2. The molecule has 1 aliphatic heterocycles. The SMILES string of the molecule is CCOc1ccc(NC(=O)N2CCN(Cc3ccccn3)CC2)cc1. The van der Waals surface area contributed by atoms with E-state index in [0.717, 1.165) is 49.9 Å². The van der Waals surface area contributed by atoms with E-state index in [2.05, 4.69) is 15.2 Å². The Kier molecular flexibility index (Phi) is 5.85. The molecule has 6 nitrogen and oxygen atoms in total. The molecule has 0 bridgehead atoms. The lowest BCUT2D eigenvalue weighted by Crippen LogP contribution is -2.49. The van der Waals surface area contributed by atoms with Crippen LogP contribution in [0.1, 0.15) is 12.6 Å². The average Bonchev–Trinajstić information content (AvgIpc) is 2.65. The van der Waals surface area contributed by atoms with Gasteiger partial charge in [0.2, 0.25) is 0 Å². The lowest BCUT2D eigenvalue weighted by Gasteiger charge is -2.34. The van der Waals surface area contributed by atoms with E-state index in [1.165, 1.54) is 0 Å². The van der Waals surface area contributed by atoms with Crippen molar-refractivity contribution >= 4 is 11.7 Å². The largest absolute Gasteiger partial charge is 0.494 e. The number of pyridine rings is 1. The smallest absolute Gasteiger partial charge is 0.321 e. The van der Waals surface area contributed by atoms with Crippen LogP contribution in [0.15, 0.2) is 48.7 Å². The fourth-order valence-corrected chi connectivity index (χ4v) is 2.83. The van der Waals surface area contributed by atoms with Crippen molar-refractivity contribution < 1.29 is 9.53 Å². The molecule has 1 aromatic heterocycles. The number of anilines is 1. The minimum atomic E-state index is -0.0540. The number of piperazine rings is 1. The molecule has 2 amide bonds. The fourth-order valence-electron chi connectivity index (χ4n) is 2.83. The second-order valence-electron chi connectivity index (χ2n) is 5.97. The summed E-state index contributed by atoms with van der Waals surface area (Å²) < 4.78 is 5.41. The maximum atomic E-state index is 12.4. The number of carbonyl (C=O) groups excluding carboxylic acids is 1. The van der Waals surface area contributed by atoms with Gasteiger partial charge in [0, 0.05) is 44.6 Å². The van der Waals surface area contributed by atoms with Gasteiger partial charge in [0.1, 0.15) is 5.75 Å². The van der Waals surface area contributed by atoms with E-state index in [9.17, 15) is 4.79 Å². The predicted molar refractivity (Wildman–Crippen MR) is 97.7 cm³/mol. The van der Waals surface area contributed by atoms with Crippen LogP contribution in [0.5, 0.6) is 5.75 Å². The number of hydrogen-bond acceptors (Lipinski definition) is 4. The van der Waals surface area contributed by atoms with Crippen LogP contribution in [0.25, 0.3) is 0 Å². The molecule has 132 valence electrons. The number of amides is 2. The van der Waals surface area contributed by atoms with Gasteiger partial charge in [-0.3, -0.25) is 9.88 Å². The molecule has 0 spiro atoms. The van der Waals surface area contributed by atoms with E-state index in [4.69, 9.17) is 4.74 Å². The summed E-state index contributed by atoms with van der Waals surface area (Å²) in [6.07, 6.45) is 1.82. The maximum Gasteiger partial charge on any atom is 0.321 e. The number of carbonyl (C=O) groups is 1. The first-order valence-electron chi connectivity index (χ1n) is 8.65. The van der Waals surface area contributed by atoms with Crippen molar-refractivity contribution in [3.8, 4) is 5.75 Å². The molecule has 0 saturated carbocycles. The predicted octanol–water partition coefficient (Wildman–Crippen LogP) is 2.83. The van der Waals surface area contributed by atoms with Gasteiger partial charge in [0.25, 0.3) is 0 Å². The summed E-state index contributed by atoms with van der Waals surface area (Å²) in [7, 11) is 0. The molecule has 0 unspecified atom stereocenters. The molecule has 1 aromatic carbocycles. The van der Waals surface area contributed by atoms with Gasteiger partial charge >= 0.3 is 6.03 Å². The van der Waals surface area contributed by atoms with Gasteiger partial charge < -0.3 is 15.0 Å². The third kappa shape index (κ3) is 4.93. The van der Waals surface area contributed by atoms with Crippen molar-refractivity contribution in [2.45, 2.75) is 13.5 Å². The van der Waals surface area contributed by atoms with Crippen molar-refractivity contribution in [3.63, 3.8) is 0 Å². The summed E-state index contributed by atoms with van der Waals surface area (Å²) in [5.41, 5.74) is 1.85. The van der Waals surface area contributed by atoms with Gasteiger partial charge in [0.15, 0.2) is 0 Å². The fraction of sp³-hybridized carbons (Fsp3) is 0.368. The van der Waals surface area contributed by atoms with Crippen LogP contribution >= 0.6 is 0 Å². The third-order valence-electron chi connectivity index (χ3n) is 4.19. The van der Waals surface area contributed by atoms with Crippen LogP contribution in [0.3, 0.4) is 0 Å². The molecule has 0 radical (unpaired) electrons. The molecule has 1 aliphatic rings. The highest BCUT2D eigenvalue weighted by atomic mass is 16.5. The lowest BCUT2D eigenvalue weighted by atomic mass is 10.2. The Morgan fingerprint density at radius 3 is 2.52 bits per heavy atom. The first kappa shape index (κ1) is 17.2. The molecule has 2 heterocycles. The molecule has 6 heteroatoms. The van der Waals surface area contributed by atoms with Crippen molar-refractivity contribution in [2.75, 3.05) is 38.1 Å². The topological polar surface area (TPSA) is 57.7 Å². The third-order valence-corrected chi connectivity index (χ3v) is 4.19. The van der Waals surface area contributed by atoms with Gasteiger partial charge in [-0.05, 0) is 43.3 Å². The standard InChI is InChI=1S/C19H24N4O2/c1-2-25-18-8-6-16(7-9-18)21-19(24)23-13-11-22(12-14-23)15-17-5-3-4-10-20-17/h3-10H,2,11-15H2,1H3,(H,21,24).